The SMILES string of the molecule is Cc1ccc(-c2ccc(S(=O)(=O)Nc3cncc(N4CC(C)NC(C)C4)c3)cc2F)o1. The molecular formula is C22H25FN4O3S. The van der Waals surface area contributed by atoms with Crippen molar-refractivity contribution in [2.24, 2.45) is 0 Å². The minimum atomic E-state index is -3.99. The number of nitrogens with zero attached hydrogens (tertiary/aromatic N) is 2. The number of nitrogens with one attached hydrogen (secondary N) is 2. The fraction of sp³-hybridized carbons (Fsp3) is 0.318. The van der Waals surface area contributed by atoms with Crippen LogP contribution in [-0.2, 0) is 10.0 Å². The van der Waals surface area contributed by atoms with Gasteiger partial charge in [-0.3, -0.25) is 9.71 Å². The second-order valence-corrected chi connectivity index (χ2v) is 9.65. The van der Waals surface area contributed by atoms with Gasteiger partial charge in [-0.2, -0.15) is 0 Å². The zero-order valence-electron chi connectivity index (χ0n) is 17.6. The molecule has 2 aromatic heterocycles. The third-order valence-corrected chi connectivity index (χ3v) is 6.53. The Kier molecular flexibility index (Phi) is 5.72. The Balaban J connectivity index is 1.56. The number of benzene rings is 1. The summed E-state index contributed by atoms with van der Waals surface area (Å²) < 4.78 is 48.2. The van der Waals surface area contributed by atoms with Gasteiger partial charge >= 0.3 is 0 Å². The maximum Gasteiger partial charge on any atom is 0.262 e. The predicted molar refractivity (Wildman–Crippen MR) is 118 cm³/mol. The van der Waals surface area contributed by atoms with Crippen LogP contribution in [0, 0.1) is 12.7 Å². The molecule has 0 amide bonds. The van der Waals surface area contributed by atoms with Crippen molar-refractivity contribution >= 4 is 21.4 Å². The highest BCUT2D eigenvalue weighted by atomic mass is 32.2. The molecule has 1 aliphatic heterocycles. The molecule has 1 aliphatic rings. The molecule has 0 aliphatic carbocycles. The molecule has 2 atom stereocenters. The first-order chi connectivity index (χ1) is 14.7. The van der Waals surface area contributed by atoms with Crippen LogP contribution in [0.2, 0.25) is 0 Å². The van der Waals surface area contributed by atoms with Gasteiger partial charge in [0.15, 0.2) is 0 Å². The number of pyridine rings is 1. The molecule has 1 fully saturated rings. The summed E-state index contributed by atoms with van der Waals surface area (Å²) in [5, 5.41) is 3.46. The van der Waals surface area contributed by atoms with E-state index < -0.39 is 15.8 Å². The Hall–Kier alpha value is -2.91. The number of piperazine rings is 1. The molecule has 2 unspecified atom stereocenters. The van der Waals surface area contributed by atoms with Crippen molar-refractivity contribution in [1.82, 2.24) is 10.3 Å². The molecule has 3 aromatic rings. The number of sulfonamides is 1. The molecule has 3 heterocycles. The second kappa shape index (κ2) is 8.32. The molecule has 2 N–H and O–H groups in total. The van der Waals surface area contributed by atoms with Crippen molar-refractivity contribution in [2.45, 2.75) is 37.8 Å². The highest BCUT2D eigenvalue weighted by molar-refractivity contribution is 7.92. The summed E-state index contributed by atoms with van der Waals surface area (Å²) in [6.45, 7) is 7.55. The molecule has 4 rings (SSSR count). The molecule has 0 saturated carbocycles. The average molecular weight is 445 g/mol. The largest absolute Gasteiger partial charge is 0.461 e. The molecule has 9 heteroatoms. The van der Waals surface area contributed by atoms with Crippen molar-refractivity contribution in [3.05, 3.63) is 60.4 Å². The Morgan fingerprint density at radius 3 is 2.52 bits per heavy atom. The summed E-state index contributed by atoms with van der Waals surface area (Å²) in [6.07, 6.45) is 3.15. The fourth-order valence-electron chi connectivity index (χ4n) is 3.85. The van der Waals surface area contributed by atoms with Gasteiger partial charge in [0.1, 0.15) is 17.3 Å². The van der Waals surface area contributed by atoms with E-state index in [1.807, 2.05) is 0 Å². The van der Waals surface area contributed by atoms with E-state index in [-0.39, 0.29) is 10.5 Å². The zero-order valence-corrected chi connectivity index (χ0v) is 18.4. The molecule has 164 valence electrons. The van der Waals surface area contributed by atoms with Crippen LogP contribution in [0.1, 0.15) is 19.6 Å². The lowest BCUT2D eigenvalue weighted by molar-refractivity contribution is 0.407. The van der Waals surface area contributed by atoms with Gasteiger partial charge in [0.25, 0.3) is 10.0 Å². The molecule has 1 aromatic carbocycles. The van der Waals surface area contributed by atoms with Crippen LogP contribution in [-0.4, -0.2) is 38.6 Å². The van der Waals surface area contributed by atoms with E-state index in [0.717, 1.165) is 24.8 Å². The van der Waals surface area contributed by atoms with Crippen LogP contribution in [0.4, 0.5) is 15.8 Å². The van der Waals surface area contributed by atoms with E-state index in [0.29, 0.717) is 29.3 Å². The predicted octanol–water partition coefficient (Wildman–Crippen LogP) is 3.78. The first-order valence-corrected chi connectivity index (χ1v) is 11.5. The van der Waals surface area contributed by atoms with Crippen molar-refractivity contribution < 1.29 is 17.2 Å². The van der Waals surface area contributed by atoms with Crippen molar-refractivity contribution in [3.63, 3.8) is 0 Å². The molecule has 1 saturated heterocycles. The van der Waals surface area contributed by atoms with Crippen LogP contribution >= 0.6 is 0 Å². The van der Waals surface area contributed by atoms with Gasteiger partial charge < -0.3 is 14.6 Å². The van der Waals surface area contributed by atoms with E-state index in [1.165, 1.54) is 18.3 Å². The fourth-order valence-corrected chi connectivity index (χ4v) is 4.90. The van der Waals surface area contributed by atoms with Gasteiger partial charge in [0.2, 0.25) is 0 Å². The topological polar surface area (TPSA) is 87.5 Å². The lowest BCUT2D eigenvalue weighted by Crippen LogP contribution is -2.54. The number of hydrogen-bond acceptors (Lipinski definition) is 6. The third-order valence-electron chi connectivity index (χ3n) is 5.16. The lowest BCUT2D eigenvalue weighted by Gasteiger charge is -2.37. The molecule has 7 nitrogen and oxygen atoms in total. The molecule has 0 bridgehead atoms. The number of furan rings is 1. The first-order valence-electron chi connectivity index (χ1n) is 10.1. The highest BCUT2D eigenvalue weighted by Gasteiger charge is 2.23. The Bertz CT molecular complexity index is 1180. The Morgan fingerprint density at radius 2 is 1.87 bits per heavy atom. The molecular weight excluding hydrogens is 419 g/mol. The van der Waals surface area contributed by atoms with E-state index in [4.69, 9.17) is 4.42 Å². The second-order valence-electron chi connectivity index (χ2n) is 7.96. The van der Waals surface area contributed by atoms with E-state index in [1.54, 1.807) is 31.3 Å². The number of halogens is 1. The maximum atomic E-state index is 14.6. The Labute approximate surface area is 181 Å². The quantitative estimate of drug-likeness (QED) is 0.623. The van der Waals surface area contributed by atoms with Gasteiger partial charge in [0.05, 0.1) is 34.2 Å². The van der Waals surface area contributed by atoms with E-state index >= 15 is 0 Å². The van der Waals surface area contributed by atoms with Gasteiger partial charge in [-0.25, -0.2) is 12.8 Å². The average Bonchev–Trinajstić information content (AvgIpc) is 3.13. The highest BCUT2D eigenvalue weighted by Crippen LogP contribution is 2.28. The molecule has 0 spiro atoms. The number of rotatable bonds is 5. The number of hydrogen-bond donors (Lipinski definition) is 2. The zero-order chi connectivity index (χ0) is 22.2. The van der Waals surface area contributed by atoms with Crippen LogP contribution in [0.5, 0.6) is 0 Å². The monoisotopic (exact) mass is 444 g/mol. The normalized spacial score (nSPS) is 19.4. The summed E-state index contributed by atoms with van der Waals surface area (Å²) in [4.78, 5) is 6.17. The van der Waals surface area contributed by atoms with Crippen LogP contribution in [0.15, 0.2) is 58.1 Å². The number of anilines is 2. The minimum Gasteiger partial charge on any atom is -0.461 e. The standard InChI is InChI=1S/C22H25FN4O3S/c1-14-12-27(13-15(2)25-14)18-8-17(10-24-11-18)26-31(28,29)19-5-6-20(21(23)9-19)22-7-4-16(3)30-22/h4-11,14-15,25-26H,12-13H2,1-3H3. The lowest BCUT2D eigenvalue weighted by atomic mass is 10.1. The van der Waals surface area contributed by atoms with E-state index in [2.05, 4.69) is 33.8 Å². The minimum absolute atomic E-state index is 0.174. The van der Waals surface area contributed by atoms with Gasteiger partial charge in [-0.05, 0) is 57.2 Å². The van der Waals surface area contributed by atoms with Crippen molar-refractivity contribution in [1.29, 1.82) is 0 Å². The smallest absolute Gasteiger partial charge is 0.262 e. The summed E-state index contributed by atoms with van der Waals surface area (Å²) in [5.41, 5.74) is 1.36. The third kappa shape index (κ3) is 4.72. The summed E-state index contributed by atoms with van der Waals surface area (Å²) in [7, 11) is -3.99. The molecule has 0 radical (unpaired) electrons. The van der Waals surface area contributed by atoms with Crippen LogP contribution in [0.3, 0.4) is 0 Å². The number of aryl methyl sites for hydroxylation is 1. The first kappa shape index (κ1) is 21.3. The maximum absolute atomic E-state index is 14.6. The summed E-state index contributed by atoms with van der Waals surface area (Å²) in [6, 6.07) is 9.48. The summed E-state index contributed by atoms with van der Waals surface area (Å²) >= 11 is 0. The molecule has 31 heavy (non-hydrogen) atoms. The Morgan fingerprint density at radius 1 is 1.13 bits per heavy atom. The van der Waals surface area contributed by atoms with Crippen LogP contribution in [0.25, 0.3) is 11.3 Å². The van der Waals surface area contributed by atoms with E-state index in [9.17, 15) is 12.8 Å². The van der Waals surface area contributed by atoms with Gasteiger partial charge in [-0.15, -0.1) is 0 Å². The summed E-state index contributed by atoms with van der Waals surface area (Å²) in [5.74, 6) is 0.324. The van der Waals surface area contributed by atoms with Gasteiger partial charge in [-0.1, -0.05) is 0 Å². The van der Waals surface area contributed by atoms with Gasteiger partial charge in [0, 0.05) is 25.2 Å². The number of aromatic nitrogens is 1. The van der Waals surface area contributed by atoms with Crippen molar-refractivity contribution in [2.75, 3.05) is 22.7 Å². The van der Waals surface area contributed by atoms with Crippen LogP contribution < -0.4 is 14.9 Å². The van der Waals surface area contributed by atoms with Crippen molar-refractivity contribution in [3.8, 4) is 11.3 Å².